The van der Waals surface area contributed by atoms with Crippen LogP contribution in [0.15, 0.2) is 35.2 Å². The number of ether oxygens (including phenoxy) is 2. The van der Waals surface area contributed by atoms with Gasteiger partial charge in [0.25, 0.3) is 5.69 Å². The number of hydrogen-bond acceptors (Lipinski definition) is 6. The molecule has 10 heteroatoms. The fourth-order valence-corrected chi connectivity index (χ4v) is 4.27. The Morgan fingerprint density at radius 1 is 1.26 bits per heavy atom. The minimum atomic E-state index is -3.77. The van der Waals surface area contributed by atoms with Gasteiger partial charge in [-0.3, -0.25) is 10.1 Å². The van der Waals surface area contributed by atoms with Crippen LogP contribution in [0.3, 0.4) is 0 Å². The van der Waals surface area contributed by atoms with Gasteiger partial charge >= 0.3 is 0 Å². The second-order valence-electron chi connectivity index (χ2n) is 6.14. The van der Waals surface area contributed by atoms with Gasteiger partial charge in [0.15, 0.2) is 0 Å². The molecule has 0 unspecified atom stereocenters. The first-order valence-electron chi connectivity index (χ1n) is 8.04. The van der Waals surface area contributed by atoms with E-state index in [1.165, 1.54) is 37.4 Å². The van der Waals surface area contributed by atoms with Crippen molar-refractivity contribution in [2.45, 2.75) is 30.7 Å². The SMILES string of the molecule is COc1ccc(Oc2c(C)cc([N+](=O)[O-])cc2Cl)cc1S(=O)(=O)NC1CC1. The molecule has 1 aliphatic carbocycles. The van der Waals surface area contributed by atoms with Crippen LogP contribution in [0, 0.1) is 17.0 Å². The van der Waals surface area contributed by atoms with Gasteiger partial charge in [-0.15, -0.1) is 0 Å². The molecule has 0 spiro atoms. The van der Waals surface area contributed by atoms with Crippen LogP contribution in [-0.2, 0) is 10.0 Å². The summed E-state index contributed by atoms with van der Waals surface area (Å²) in [4.78, 5) is 10.3. The summed E-state index contributed by atoms with van der Waals surface area (Å²) in [5, 5.41) is 11.0. The lowest BCUT2D eigenvalue weighted by Gasteiger charge is -2.14. The number of rotatable bonds is 7. The molecule has 0 bridgehead atoms. The van der Waals surface area contributed by atoms with Crippen LogP contribution in [0.2, 0.25) is 5.02 Å². The number of nitro benzene ring substituents is 1. The van der Waals surface area contributed by atoms with E-state index in [1.807, 2.05) is 0 Å². The lowest BCUT2D eigenvalue weighted by atomic mass is 10.2. The number of nitrogens with one attached hydrogen (secondary N) is 1. The number of benzene rings is 2. The van der Waals surface area contributed by atoms with Crippen molar-refractivity contribution >= 4 is 27.3 Å². The van der Waals surface area contributed by atoms with E-state index in [-0.39, 0.29) is 38.9 Å². The molecule has 2 aromatic rings. The van der Waals surface area contributed by atoms with Crippen molar-refractivity contribution in [2.75, 3.05) is 7.11 Å². The van der Waals surface area contributed by atoms with E-state index in [0.717, 1.165) is 12.8 Å². The molecular weight excluding hydrogens is 396 g/mol. The summed E-state index contributed by atoms with van der Waals surface area (Å²) in [6, 6.07) is 6.80. The number of methoxy groups -OCH3 is 1. The number of nitro groups is 1. The molecule has 0 heterocycles. The minimum absolute atomic E-state index is 0.0508. The molecular formula is C17H17ClN2O6S. The van der Waals surface area contributed by atoms with Crippen molar-refractivity contribution in [3.63, 3.8) is 0 Å². The lowest BCUT2D eigenvalue weighted by Crippen LogP contribution is -2.26. The molecule has 1 saturated carbocycles. The van der Waals surface area contributed by atoms with Gasteiger partial charge < -0.3 is 9.47 Å². The highest BCUT2D eigenvalue weighted by Crippen LogP contribution is 2.38. The van der Waals surface area contributed by atoms with E-state index in [0.29, 0.717) is 5.56 Å². The normalized spacial score (nSPS) is 14.0. The predicted molar refractivity (Wildman–Crippen MR) is 99.3 cm³/mol. The van der Waals surface area contributed by atoms with Crippen molar-refractivity contribution in [1.29, 1.82) is 0 Å². The van der Waals surface area contributed by atoms with Crippen molar-refractivity contribution < 1.29 is 22.8 Å². The third kappa shape index (κ3) is 4.32. The minimum Gasteiger partial charge on any atom is -0.495 e. The molecule has 0 amide bonds. The van der Waals surface area contributed by atoms with Crippen LogP contribution in [0.4, 0.5) is 5.69 Å². The largest absolute Gasteiger partial charge is 0.495 e. The van der Waals surface area contributed by atoms with Crippen LogP contribution in [0.1, 0.15) is 18.4 Å². The molecule has 0 aromatic heterocycles. The number of halogens is 1. The Labute approximate surface area is 161 Å². The van der Waals surface area contributed by atoms with Crippen molar-refractivity contribution in [3.8, 4) is 17.2 Å². The Hall–Kier alpha value is -2.36. The van der Waals surface area contributed by atoms with Gasteiger partial charge in [0, 0.05) is 29.8 Å². The van der Waals surface area contributed by atoms with Gasteiger partial charge in [0.1, 0.15) is 22.1 Å². The fourth-order valence-electron chi connectivity index (χ4n) is 2.48. The van der Waals surface area contributed by atoms with E-state index in [2.05, 4.69) is 4.72 Å². The Kier molecular flexibility index (Phi) is 5.27. The van der Waals surface area contributed by atoms with Crippen LogP contribution in [0.25, 0.3) is 0 Å². The Morgan fingerprint density at radius 2 is 1.96 bits per heavy atom. The molecule has 0 radical (unpaired) electrons. The number of aryl methyl sites for hydroxylation is 1. The molecule has 3 rings (SSSR count). The molecule has 144 valence electrons. The molecule has 0 saturated heterocycles. The number of non-ortho nitro benzene ring substituents is 1. The Balaban J connectivity index is 1.97. The molecule has 0 aliphatic heterocycles. The van der Waals surface area contributed by atoms with Crippen molar-refractivity contribution in [3.05, 3.63) is 51.0 Å². The van der Waals surface area contributed by atoms with E-state index in [4.69, 9.17) is 21.1 Å². The molecule has 1 fully saturated rings. The lowest BCUT2D eigenvalue weighted by molar-refractivity contribution is -0.384. The van der Waals surface area contributed by atoms with Crippen LogP contribution in [-0.4, -0.2) is 26.5 Å². The van der Waals surface area contributed by atoms with Crippen LogP contribution < -0.4 is 14.2 Å². The zero-order valence-electron chi connectivity index (χ0n) is 14.6. The van der Waals surface area contributed by atoms with Crippen LogP contribution in [0.5, 0.6) is 17.2 Å². The Morgan fingerprint density at radius 3 is 2.52 bits per heavy atom. The average Bonchev–Trinajstić information content (AvgIpc) is 3.41. The first kappa shape index (κ1) is 19.4. The third-order valence-corrected chi connectivity index (χ3v) is 5.79. The first-order valence-corrected chi connectivity index (χ1v) is 9.90. The van der Waals surface area contributed by atoms with E-state index < -0.39 is 14.9 Å². The molecule has 2 aromatic carbocycles. The molecule has 27 heavy (non-hydrogen) atoms. The standard InChI is InChI=1S/C17H17ClN2O6S/c1-10-7-12(20(21)22)8-14(18)17(10)26-13-5-6-15(25-2)16(9-13)27(23,24)19-11-3-4-11/h5-9,11,19H,3-4H2,1-2H3. The topological polar surface area (TPSA) is 108 Å². The van der Waals surface area contributed by atoms with E-state index in [1.54, 1.807) is 6.92 Å². The quantitative estimate of drug-likeness (QED) is 0.547. The van der Waals surface area contributed by atoms with Gasteiger partial charge in [0.05, 0.1) is 17.1 Å². The molecule has 0 atom stereocenters. The summed E-state index contributed by atoms with van der Waals surface area (Å²) in [7, 11) is -2.39. The van der Waals surface area contributed by atoms with E-state index in [9.17, 15) is 18.5 Å². The monoisotopic (exact) mass is 412 g/mol. The summed E-state index contributed by atoms with van der Waals surface area (Å²) >= 11 is 6.11. The summed E-state index contributed by atoms with van der Waals surface area (Å²) < 4.78 is 38.6. The maximum Gasteiger partial charge on any atom is 0.271 e. The van der Waals surface area contributed by atoms with E-state index >= 15 is 0 Å². The van der Waals surface area contributed by atoms with Gasteiger partial charge in [-0.1, -0.05) is 11.6 Å². The van der Waals surface area contributed by atoms with Gasteiger partial charge in [-0.25, -0.2) is 13.1 Å². The Bertz CT molecular complexity index is 981. The van der Waals surface area contributed by atoms with Crippen molar-refractivity contribution in [1.82, 2.24) is 4.72 Å². The second kappa shape index (κ2) is 7.34. The van der Waals surface area contributed by atoms with Crippen LogP contribution >= 0.6 is 11.6 Å². The zero-order chi connectivity index (χ0) is 19.8. The maximum absolute atomic E-state index is 12.6. The fraction of sp³-hybridized carbons (Fsp3) is 0.294. The first-order chi connectivity index (χ1) is 12.7. The number of sulfonamides is 1. The summed E-state index contributed by atoms with van der Waals surface area (Å²) in [6.45, 7) is 1.62. The number of hydrogen-bond donors (Lipinski definition) is 1. The average molecular weight is 413 g/mol. The summed E-state index contributed by atoms with van der Waals surface area (Å²) in [5.74, 6) is 0.610. The van der Waals surface area contributed by atoms with Gasteiger partial charge in [0.2, 0.25) is 10.0 Å². The second-order valence-corrected chi connectivity index (χ2v) is 8.23. The molecule has 1 N–H and O–H groups in total. The highest BCUT2D eigenvalue weighted by molar-refractivity contribution is 7.89. The number of nitrogens with zero attached hydrogens (tertiary/aromatic N) is 1. The molecule has 8 nitrogen and oxygen atoms in total. The predicted octanol–water partition coefficient (Wildman–Crippen LogP) is 3.80. The third-order valence-electron chi connectivity index (χ3n) is 3.97. The van der Waals surface area contributed by atoms with Crippen molar-refractivity contribution in [2.24, 2.45) is 0 Å². The highest BCUT2D eigenvalue weighted by atomic mass is 35.5. The highest BCUT2D eigenvalue weighted by Gasteiger charge is 2.30. The summed E-state index contributed by atoms with van der Waals surface area (Å²) in [6.07, 6.45) is 1.60. The van der Waals surface area contributed by atoms with Gasteiger partial charge in [-0.05, 0) is 31.9 Å². The summed E-state index contributed by atoms with van der Waals surface area (Å²) in [5.41, 5.74) is 0.294. The zero-order valence-corrected chi connectivity index (χ0v) is 16.1. The molecule has 1 aliphatic rings. The smallest absolute Gasteiger partial charge is 0.271 e. The maximum atomic E-state index is 12.6. The van der Waals surface area contributed by atoms with Gasteiger partial charge in [-0.2, -0.15) is 0 Å².